The topological polar surface area (TPSA) is 78.2 Å². The van der Waals surface area contributed by atoms with E-state index in [2.05, 4.69) is 6.07 Å². The van der Waals surface area contributed by atoms with E-state index in [1.807, 2.05) is 6.07 Å². The largest absolute Gasteiger partial charge is 0.337 e. The molecule has 0 saturated heterocycles. The molecule has 0 aliphatic carbocycles. The Morgan fingerprint density at radius 3 is 2.56 bits per heavy atom. The van der Waals surface area contributed by atoms with Gasteiger partial charge in [-0.1, -0.05) is 31.2 Å². The molecule has 2 aromatic carbocycles. The Kier molecular flexibility index (Phi) is 5.94. The van der Waals surface area contributed by atoms with Gasteiger partial charge in [0.25, 0.3) is 5.91 Å². The Bertz CT molecular complexity index is 914. The number of carbonyl (C=O) groups excluding carboxylic acids is 1. The van der Waals surface area contributed by atoms with Crippen LogP contribution in [0.2, 0.25) is 0 Å². The van der Waals surface area contributed by atoms with Crippen molar-refractivity contribution in [3.63, 3.8) is 0 Å². The van der Waals surface area contributed by atoms with E-state index in [-0.39, 0.29) is 28.7 Å². The first kappa shape index (κ1) is 18.7. The maximum absolute atomic E-state index is 12.8. The van der Waals surface area contributed by atoms with Crippen LogP contribution in [-0.2, 0) is 16.4 Å². The van der Waals surface area contributed by atoms with Gasteiger partial charge in [-0.3, -0.25) is 4.79 Å². The number of nitriles is 1. The predicted molar refractivity (Wildman–Crippen MR) is 95.7 cm³/mol. The van der Waals surface area contributed by atoms with Crippen LogP contribution in [0.1, 0.15) is 34.8 Å². The minimum atomic E-state index is -3.49. The summed E-state index contributed by atoms with van der Waals surface area (Å²) in [4.78, 5) is 14.3. The van der Waals surface area contributed by atoms with Crippen LogP contribution >= 0.6 is 0 Å². The lowest BCUT2D eigenvalue weighted by Crippen LogP contribution is -2.28. The molecule has 0 aromatic heterocycles. The van der Waals surface area contributed by atoms with E-state index >= 15 is 0 Å². The van der Waals surface area contributed by atoms with E-state index in [1.165, 1.54) is 17.0 Å². The molecule has 0 atom stereocenters. The van der Waals surface area contributed by atoms with Crippen LogP contribution in [-0.4, -0.2) is 32.0 Å². The second kappa shape index (κ2) is 7.95. The smallest absolute Gasteiger partial charge is 0.255 e. The molecule has 0 unspecified atom stereocenters. The number of benzene rings is 2. The van der Waals surface area contributed by atoms with Gasteiger partial charge < -0.3 is 4.90 Å². The zero-order valence-electron chi connectivity index (χ0n) is 14.3. The molecule has 5 nitrogen and oxygen atoms in total. The van der Waals surface area contributed by atoms with Crippen molar-refractivity contribution in [3.8, 4) is 6.07 Å². The molecular formula is C19H20N2O3S. The molecule has 2 rings (SSSR count). The Labute approximate surface area is 148 Å². The molecule has 1 amide bonds. The third-order valence-corrected chi connectivity index (χ3v) is 5.72. The van der Waals surface area contributed by atoms with Gasteiger partial charge in [-0.2, -0.15) is 5.26 Å². The molecule has 0 saturated carbocycles. The molecule has 0 fully saturated rings. The average molecular weight is 356 g/mol. The first-order chi connectivity index (χ1) is 11.9. The van der Waals surface area contributed by atoms with Crippen molar-refractivity contribution >= 4 is 15.7 Å². The predicted octanol–water partition coefficient (Wildman–Crippen LogP) is 3.01. The molecule has 0 bridgehead atoms. The fraction of sp³-hybridized carbons (Fsp3) is 0.263. The van der Waals surface area contributed by atoms with E-state index in [1.54, 1.807) is 44.3 Å². The Morgan fingerprint density at radius 2 is 1.88 bits per heavy atom. The second-order valence-corrected chi connectivity index (χ2v) is 7.87. The standard InChI is InChI=1S/C19H20N2O3S/c1-3-11-25(23,24)18-10-5-4-9-17(18)19(22)21(2)14-16-8-6-7-15(12-16)13-20/h4-10,12H,3,11,14H2,1-2H3. The number of amides is 1. The highest BCUT2D eigenvalue weighted by Gasteiger charge is 2.23. The number of nitrogens with zero attached hydrogens (tertiary/aromatic N) is 2. The number of hydrogen-bond donors (Lipinski definition) is 0. The van der Waals surface area contributed by atoms with Crippen LogP contribution in [0, 0.1) is 11.3 Å². The van der Waals surface area contributed by atoms with Gasteiger partial charge in [0.15, 0.2) is 9.84 Å². The van der Waals surface area contributed by atoms with Gasteiger partial charge in [-0.15, -0.1) is 0 Å². The van der Waals surface area contributed by atoms with E-state index in [4.69, 9.17) is 5.26 Å². The zero-order chi connectivity index (χ0) is 18.4. The first-order valence-corrected chi connectivity index (χ1v) is 9.60. The normalized spacial score (nSPS) is 10.9. The molecule has 0 spiro atoms. The summed E-state index contributed by atoms with van der Waals surface area (Å²) < 4.78 is 24.8. The van der Waals surface area contributed by atoms with Gasteiger partial charge in [0, 0.05) is 13.6 Å². The summed E-state index contributed by atoms with van der Waals surface area (Å²) in [5, 5.41) is 8.96. The summed E-state index contributed by atoms with van der Waals surface area (Å²) in [6.07, 6.45) is 0.488. The molecule has 2 aromatic rings. The Morgan fingerprint density at radius 1 is 1.16 bits per heavy atom. The lowest BCUT2D eigenvalue weighted by atomic mass is 10.1. The van der Waals surface area contributed by atoms with Crippen LogP contribution in [0.25, 0.3) is 0 Å². The van der Waals surface area contributed by atoms with E-state index in [0.29, 0.717) is 12.0 Å². The van der Waals surface area contributed by atoms with Crippen molar-refractivity contribution < 1.29 is 13.2 Å². The molecule has 0 radical (unpaired) electrons. The lowest BCUT2D eigenvalue weighted by molar-refractivity contribution is 0.0781. The highest BCUT2D eigenvalue weighted by Crippen LogP contribution is 2.20. The molecule has 0 heterocycles. The third-order valence-electron chi connectivity index (χ3n) is 3.75. The second-order valence-electron chi connectivity index (χ2n) is 5.79. The summed E-state index contributed by atoms with van der Waals surface area (Å²) in [6.45, 7) is 2.08. The van der Waals surface area contributed by atoms with Gasteiger partial charge >= 0.3 is 0 Å². The van der Waals surface area contributed by atoms with Gasteiger partial charge in [0.05, 0.1) is 27.8 Å². The van der Waals surface area contributed by atoms with Crippen molar-refractivity contribution in [1.29, 1.82) is 5.26 Å². The molecule has 0 aliphatic heterocycles. The molecule has 130 valence electrons. The van der Waals surface area contributed by atoms with Crippen LogP contribution in [0.15, 0.2) is 53.4 Å². The van der Waals surface area contributed by atoms with Crippen LogP contribution in [0.3, 0.4) is 0 Å². The van der Waals surface area contributed by atoms with Crippen molar-refractivity contribution in [3.05, 3.63) is 65.2 Å². The lowest BCUT2D eigenvalue weighted by Gasteiger charge is -2.19. The Balaban J connectivity index is 2.30. The third kappa shape index (κ3) is 4.46. The van der Waals surface area contributed by atoms with Crippen LogP contribution in [0.4, 0.5) is 0 Å². The molecule has 0 N–H and O–H groups in total. The zero-order valence-corrected chi connectivity index (χ0v) is 15.1. The van der Waals surface area contributed by atoms with Crippen LogP contribution in [0.5, 0.6) is 0 Å². The SMILES string of the molecule is CCCS(=O)(=O)c1ccccc1C(=O)N(C)Cc1cccc(C#N)c1. The fourth-order valence-electron chi connectivity index (χ4n) is 2.58. The summed E-state index contributed by atoms with van der Waals surface area (Å²) >= 11 is 0. The maximum atomic E-state index is 12.8. The number of hydrogen-bond acceptors (Lipinski definition) is 4. The summed E-state index contributed by atoms with van der Waals surface area (Å²) in [5.41, 5.74) is 1.50. The van der Waals surface area contributed by atoms with Gasteiger partial charge in [0.2, 0.25) is 0 Å². The van der Waals surface area contributed by atoms with Gasteiger partial charge in [0.1, 0.15) is 0 Å². The minimum Gasteiger partial charge on any atom is -0.337 e. The molecule has 0 aliphatic rings. The fourth-order valence-corrected chi connectivity index (χ4v) is 4.12. The van der Waals surface area contributed by atoms with Crippen molar-refractivity contribution in [2.45, 2.75) is 24.8 Å². The van der Waals surface area contributed by atoms with Crippen molar-refractivity contribution in [2.24, 2.45) is 0 Å². The molecule has 6 heteroatoms. The quantitative estimate of drug-likeness (QED) is 0.797. The maximum Gasteiger partial charge on any atom is 0.255 e. The van der Waals surface area contributed by atoms with Gasteiger partial charge in [-0.05, 0) is 36.2 Å². The first-order valence-electron chi connectivity index (χ1n) is 7.95. The number of rotatable bonds is 6. The van der Waals surface area contributed by atoms with Crippen molar-refractivity contribution in [1.82, 2.24) is 4.90 Å². The number of sulfone groups is 1. The summed E-state index contributed by atoms with van der Waals surface area (Å²) in [5.74, 6) is -0.358. The molecule has 25 heavy (non-hydrogen) atoms. The monoisotopic (exact) mass is 356 g/mol. The van der Waals surface area contributed by atoms with E-state index < -0.39 is 9.84 Å². The molecular weight excluding hydrogens is 336 g/mol. The minimum absolute atomic E-state index is 0.00518. The highest BCUT2D eigenvalue weighted by molar-refractivity contribution is 7.91. The average Bonchev–Trinajstić information content (AvgIpc) is 2.61. The summed E-state index contributed by atoms with van der Waals surface area (Å²) in [7, 11) is -1.88. The Hall–Kier alpha value is -2.65. The van der Waals surface area contributed by atoms with Crippen LogP contribution < -0.4 is 0 Å². The van der Waals surface area contributed by atoms with Crippen molar-refractivity contribution in [2.75, 3.05) is 12.8 Å². The van der Waals surface area contributed by atoms with E-state index in [9.17, 15) is 13.2 Å². The van der Waals surface area contributed by atoms with E-state index in [0.717, 1.165) is 5.56 Å². The summed E-state index contributed by atoms with van der Waals surface area (Å²) in [6, 6.07) is 15.3. The highest BCUT2D eigenvalue weighted by atomic mass is 32.2. The van der Waals surface area contributed by atoms with Gasteiger partial charge in [-0.25, -0.2) is 8.42 Å². The number of carbonyl (C=O) groups is 1.